The Morgan fingerprint density at radius 1 is 1.25 bits per heavy atom. The number of allylic oxidation sites excluding steroid dienone is 1. The minimum absolute atomic E-state index is 0.0477. The lowest BCUT2D eigenvalue weighted by molar-refractivity contribution is 0.101. The van der Waals surface area contributed by atoms with Gasteiger partial charge in [0.2, 0.25) is 0 Å². The highest BCUT2D eigenvalue weighted by atomic mass is 16.5. The second-order valence-electron chi connectivity index (χ2n) is 4.16. The van der Waals surface area contributed by atoms with Crippen molar-refractivity contribution in [2.75, 3.05) is 6.61 Å². The van der Waals surface area contributed by atoms with Crippen LogP contribution in [0.4, 0.5) is 0 Å². The molecule has 0 amide bonds. The molecule has 0 bridgehead atoms. The first-order chi connectivity index (χ1) is 7.61. The molecule has 0 saturated carbocycles. The molecule has 1 aliphatic rings. The van der Waals surface area contributed by atoms with Crippen LogP contribution < -0.4 is 0 Å². The standard InChI is InChI=1S/C13H16O3/c1-8-9(2)16-10(3)12(8)13(14)11-5-4-6-15-7-11/h7H,4-6H2,1-3H3. The summed E-state index contributed by atoms with van der Waals surface area (Å²) in [4.78, 5) is 12.2. The summed E-state index contributed by atoms with van der Waals surface area (Å²) in [7, 11) is 0. The third-order valence-electron chi connectivity index (χ3n) is 3.01. The van der Waals surface area contributed by atoms with Crippen molar-refractivity contribution in [2.45, 2.75) is 33.6 Å². The summed E-state index contributed by atoms with van der Waals surface area (Å²) in [6, 6.07) is 0. The molecule has 0 unspecified atom stereocenters. The zero-order valence-corrected chi connectivity index (χ0v) is 9.92. The first-order valence-electron chi connectivity index (χ1n) is 5.53. The average molecular weight is 220 g/mol. The van der Waals surface area contributed by atoms with Crippen molar-refractivity contribution in [3.63, 3.8) is 0 Å². The van der Waals surface area contributed by atoms with Crippen molar-refractivity contribution < 1.29 is 13.9 Å². The van der Waals surface area contributed by atoms with Gasteiger partial charge in [-0.1, -0.05) is 0 Å². The van der Waals surface area contributed by atoms with Crippen molar-refractivity contribution in [2.24, 2.45) is 0 Å². The molecule has 0 spiro atoms. The quantitative estimate of drug-likeness (QED) is 0.719. The Labute approximate surface area is 95.1 Å². The molecule has 0 atom stereocenters. The molecule has 0 N–H and O–H groups in total. The molecule has 1 aliphatic heterocycles. The molecular weight excluding hydrogens is 204 g/mol. The van der Waals surface area contributed by atoms with Crippen LogP contribution in [0.1, 0.15) is 40.3 Å². The van der Waals surface area contributed by atoms with Crippen molar-refractivity contribution in [1.82, 2.24) is 0 Å². The molecular formula is C13H16O3. The van der Waals surface area contributed by atoms with E-state index in [0.717, 1.165) is 29.7 Å². The first-order valence-corrected chi connectivity index (χ1v) is 5.53. The van der Waals surface area contributed by atoms with Crippen molar-refractivity contribution >= 4 is 5.78 Å². The van der Waals surface area contributed by atoms with Crippen LogP contribution in [-0.4, -0.2) is 12.4 Å². The zero-order valence-electron chi connectivity index (χ0n) is 9.92. The van der Waals surface area contributed by atoms with E-state index >= 15 is 0 Å². The molecule has 16 heavy (non-hydrogen) atoms. The highest BCUT2D eigenvalue weighted by molar-refractivity contribution is 6.10. The minimum Gasteiger partial charge on any atom is -0.501 e. The van der Waals surface area contributed by atoms with Gasteiger partial charge in [-0.2, -0.15) is 0 Å². The third-order valence-corrected chi connectivity index (χ3v) is 3.01. The van der Waals surface area contributed by atoms with Crippen molar-refractivity contribution in [3.05, 3.63) is 34.5 Å². The van der Waals surface area contributed by atoms with Gasteiger partial charge < -0.3 is 9.15 Å². The zero-order chi connectivity index (χ0) is 11.7. The molecule has 1 aromatic rings. The third kappa shape index (κ3) is 1.77. The Balaban J connectivity index is 2.37. The number of ether oxygens (including phenoxy) is 1. The Morgan fingerprint density at radius 2 is 2.00 bits per heavy atom. The van der Waals surface area contributed by atoms with E-state index in [9.17, 15) is 4.79 Å². The van der Waals surface area contributed by atoms with E-state index in [1.54, 1.807) is 6.26 Å². The van der Waals surface area contributed by atoms with E-state index in [1.807, 2.05) is 20.8 Å². The molecule has 0 saturated heterocycles. The SMILES string of the molecule is Cc1oc(C)c(C(=O)C2=COCCC2)c1C. The smallest absolute Gasteiger partial charge is 0.195 e. The number of furan rings is 1. The second kappa shape index (κ2) is 4.16. The van der Waals surface area contributed by atoms with Gasteiger partial charge in [-0.05, 0) is 33.6 Å². The maximum absolute atomic E-state index is 12.2. The minimum atomic E-state index is 0.0477. The lowest BCUT2D eigenvalue weighted by Crippen LogP contribution is -2.10. The average Bonchev–Trinajstić information content (AvgIpc) is 2.54. The molecule has 0 aliphatic carbocycles. The number of aryl methyl sites for hydroxylation is 2. The number of Topliss-reactive ketones (excluding diaryl/α,β-unsaturated/α-hetero) is 1. The fourth-order valence-corrected chi connectivity index (χ4v) is 2.02. The summed E-state index contributed by atoms with van der Waals surface area (Å²) in [5.74, 6) is 1.57. The summed E-state index contributed by atoms with van der Waals surface area (Å²) in [5, 5.41) is 0. The number of ketones is 1. The highest BCUT2D eigenvalue weighted by Gasteiger charge is 2.22. The summed E-state index contributed by atoms with van der Waals surface area (Å²) in [5.41, 5.74) is 2.39. The largest absolute Gasteiger partial charge is 0.501 e. The van der Waals surface area contributed by atoms with Crippen LogP contribution in [0.15, 0.2) is 16.3 Å². The van der Waals surface area contributed by atoms with Gasteiger partial charge in [0, 0.05) is 11.1 Å². The molecule has 3 heteroatoms. The second-order valence-corrected chi connectivity index (χ2v) is 4.16. The summed E-state index contributed by atoms with van der Waals surface area (Å²) in [6.07, 6.45) is 3.29. The Bertz CT molecular complexity index is 452. The van der Waals surface area contributed by atoms with Gasteiger partial charge in [0.25, 0.3) is 0 Å². The monoisotopic (exact) mass is 220 g/mol. The lowest BCUT2D eigenvalue weighted by Gasteiger charge is -2.12. The molecule has 0 fully saturated rings. The number of carbonyl (C=O) groups is 1. The van der Waals surface area contributed by atoms with E-state index in [-0.39, 0.29) is 5.78 Å². The van der Waals surface area contributed by atoms with E-state index in [1.165, 1.54) is 0 Å². The van der Waals surface area contributed by atoms with Crippen LogP contribution in [-0.2, 0) is 4.74 Å². The van der Waals surface area contributed by atoms with E-state index in [2.05, 4.69) is 0 Å². The van der Waals surface area contributed by atoms with E-state index < -0.39 is 0 Å². The predicted octanol–water partition coefficient (Wildman–Crippen LogP) is 3.08. The van der Waals surface area contributed by atoms with E-state index in [0.29, 0.717) is 17.9 Å². The van der Waals surface area contributed by atoms with Crippen LogP contribution in [0.5, 0.6) is 0 Å². The number of hydrogen-bond donors (Lipinski definition) is 0. The fourth-order valence-electron chi connectivity index (χ4n) is 2.02. The lowest BCUT2D eigenvalue weighted by atomic mass is 9.97. The topological polar surface area (TPSA) is 39.4 Å². The maximum Gasteiger partial charge on any atom is 0.195 e. The molecule has 86 valence electrons. The van der Waals surface area contributed by atoms with Gasteiger partial charge >= 0.3 is 0 Å². The van der Waals surface area contributed by atoms with Crippen LogP contribution in [0.3, 0.4) is 0 Å². The Morgan fingerprint density at radius 3 is 2.50 bits per heavy atom. The van der Waals surface area contributed by atoms with Crippen molar-refractivity contribution in [3.8, 4) is 0 Å². The summed E-state index contributed by atoms with van der Waals surface area (Å²) < 4.78 is 10.7. The molecule has 2 heterocycles. The first kappa shape index (κ1) is 11.0. The molecule has 0 aromatic carbocycles. The van der Waals surface area contributed by atoms with Gasteiger partial charge in [-0.15, -0.1) is 0 Å². The van der Waals surface area contributed by atoms with E-state index in [4.69, 9.17) is 9.15 Å². The molecule has 1 aromatic heterocycles. The van der Waals surface area contributed by atoms with Gasteiger partial charge in [-0.25, -0.2) is 0 Å². The molecule has 2 rings (SSSR count). The molecule has 0 radical (unpaired) electrons. The van der Waals surface area contributed by atoms with Gasteiger partial charge in [0.15, 0.2) is 5.78 Å². The Kier molecular flexibility index (Phi) is 2.86. The highest BCUT2D eigenvalue weighted by Crippen LogP contribution is 2.26. The van der Waals surface area contributed by atoms with Crippen molar-refractivity contribution in [1.29, 1.82) is 0 Å². The predicted molar refractivity (Wildman–Crippen MR) is 60.5 cm³/mol. The summed E-state index contributed by atoms with van der Waals surface area (Å²) >= 11 is 0. The van der Waals surface area contributed by atoms with Gasteiger partial charge in [-0.3, -0.25) is 4.79 Å². The number of hydrogen-bond acceptors (Lipinski definition) is 3. The normalized spacial score (nSPS) is 15.6. The van der Waals surface area contributed by atoms with Gasteiger partial charge in [0.05, 0.1) is 18.4 Å². The van der Waals surface area contributed by atoms with Crippen LogP contribution in [0.2, 0.25) is 0 Å². The van der Waals surface area contributed by atoms with Crippen LogP contribution >= 0.6 is 0 Å². The Hall–Kier alpha value is -1.51. The molecule has 3 nitrogen and oxygen atoms in total. The van der Waals surface area contributed by atoms with Crippen LogP contribution in [0.25, 0.3) is 0 Å². The van der Waals surface area contributed by atoms with Gasteiger partial charge in [0.1, 0.15) is 11.5 Å². The van der Waals surface area contributed by atoms with Crippen LogP contribution in [0, 0.1) is 20.8 Å². The number of carbonyl (C=O) groups excluding carboxylic acids is 1. The summed E-state index contributed by atoms with van der Waals surface area (Å²) in [6.45, 7) is 6.34. The number of rotatable bonds is 2. The fraction of sp³-hybridized carbons (Fsp3) is 0.462. The maximum atomic E-state index is 12.2.